The second-order valence-electron chi connectivity index (χ2n) is 11.8. The van der Waals surface area contributed by atoms with Gasteiger partial charge in [0, 0.05) is 40.6 Å². The molecule has 5 rings (SSSR count). The highest BCUT2D eigenvalue weighted by molar-refractivity contribution is 5.96. The summed E-state index contributed by atoms with van der Waals surface area (Å²) in [4.78, 5) is 40.0. The molecule has 4 heterocycles. The molecule has 5 aromatic rings. The number of hydrogen-bond donors (Lipinski definition) is 2. The highest BCUT2D eigenvalue weighted by Crippen LogP contribution is 2.26. The van der Waals surface area contributed by atoms with Crippen LogP contribution in [0.4, 0.5) is 10.6 Å². The summed E-state index contributed by atoms with van der Waals surface area (Å²) in [5, 5.41) is 14.8. The number of carbonyl (C=O) groups excluding carboxylic acids is 1. The third kappa shape index (κ3) is 6.49. The monoisotopic (exact) mass is 574 g/mol. The van der Waals surface area contributed by atoms with Crippen molar-refractivity contribution in [3.63, 3.8) is 0 Å². The molecule has 0 saturated carbocycles. The minimum absolute atomic E-state index is 0.198. The van der Waals surface area contributed by atoms with E-state index >= 15 is 0 Å². The highest BCUT2D eigenvalue weighted by atomic mass is 16.4. The van der Waals surface area contributed by atoms with E-state index in [4.69, 9.17) is 0 Å². The highest BCUT2D eigenvalue weighted by Gasteiger charge is 2.29. The molecule has 218 valence electrons. The van der Waals surface area contributed by atoms with Gasteiger partial charge < -0.3 is 10.4 Å². The number of hydrogen-bond acceptors (Lipinski definition) is 5. The van der Waals surface area contributed by atoms with Crippen LogP contribution in [0.5, 0.6) is 0 Å². The maximum atomic E-state index is 13.3. The van der Waals surface area contributed by atoms with E-state index in [0.29, 0.717) is 5.69 Å². The quantitative estimate of drug-likeness (QED) is 0.238. The van der Waals surface area contributed by atoms with Crippen molar-refractivity contribution in [2.45, 2.75) is 47.6 Å². The number of aromatic nitrogens is 4. The lowest BCUT2D eigenvalue weighted by atomic mass is 9.95. The van der Waals surface area contributed by atoms with Gasteiger partial charge in [0.2, 0.25) is 5.91 Å². The standard InChI is InChI=1S/C34H34N6O3/c1-21-8-7-9-31-36-19-29(40(21)31)26-17-27(12-10-24-11-13-28-22(2)35-15-14-25(28)16-24)37-30(18-26)38-32(41)23(3)39(33(42)43)20-34(4,5)6/h7-9,11,13-19,23H,20H2,1-6H3,(H,42,43)(H,37,38,41). The molecular formula is C34H34N6O3. The summed E-state index contributed by atoms with van der Waals surface area (Å²) in [5.74, 6) is 6.14. The van der Waals surface area contributed by atoms with Gasteiger partial charge in [-0.15, -0.1) is 0 Å². The largest absolute Gasteiger partial charge is 0.465 e. The van der Waals surface area contributed by atoms with Crippen LogP contribution in [-0.4, -0.2) is 53.9 Å². The fourth-order valence-electron chi connectivity index (χ4n) is 5.01. The van der Waals surface area contributed by atoms with Crippen molar-refractivity contribution in [2.75, 3.05) is 11.9 Å². The molecule has 0 spiro atoms. The van der Waals surface area contributed by atoms with Crippen LogP contribution in [0.2, 0.25) is 0 Å². The van der Waals surface area contributed by atoms with Crippen molar-refractivity contribution < 1.29 is 14.7 Å². The Labute approximate surface area is 250 Å². The van der Waals surface area contributed by atoms with E-state index in [0.717, 1.165) is 49.5 Å². The smallest absolute Gasteiger partial charge is 0.407 e. The lowest BCUT2D eigenvalue weighted by molar-refractivity contribution is -0.120. The number of carboxylic acid groups (broad SMARTS) is 1. The minimum atomic E-state index is -1.16. The zero-order chi connectivity index (χ0) is 30.9. The summed E-state index contributed by atoms with van der Waals surface area (Å²) in [6.45, 7) is 11.5. The third-order valence-corrected chi connectivity index (χ3v) is 7.13. The number of aryl methyl sites for hydroxylation is 2. The zero-order valence-electron chi connectivity index (χ0n) is 25.1. The van der Waals surface area contributed by atoms with Crippen molar-refractivity contribution in [1.29, 1.82) is 0 Å². The van der Waals surface area contributed by atoms with Crippen LogP contribution >= 0.6 is 0 Å². The lowest BCUT2D eigenvalue weighted by Crippen LogP contribution is -2.48. The van der Waals surface area contributed by atoms with Crippen molar-refractivity contribution in [1.82, 2.24) is 24.3 Å². The average Bonchev–Trinajstić information content (AvgIpc) is 3.39. The van der Waals surface area contributed by atoms with Gasteiger partial charge in [-0.1, -0.05) is 38.8 Å². The SMILES string of the molecule is Cc1nccc2cc(C#Cc3cc(-c4cnc5cccc(C)n45)cc(NC(=O)C(C)N(CC(C)(C)C)C(=O)O)n3)ccc12. The van der Waals surface area contributed by atoms with Gasteiger partial charge in [0.15, 0.2) is 0 Å². The number of nitrogens with one attached hydrogen (secondary N) is 1. The van der Waals surface area contributed by atoms with Gasteiger partial charge in [-0.2, -0.15) is 0 Å². The van der Waals surface area contributed by atoms with Crippen molar-refractivity contribution in [3.05, 3.63) is 89.6 Å². The first kappa shape index (κ1) is 29.3. The Kier molecular flexibility index (Phi) is 7.87. The van der Waals surface area contributed by atoms with E-state index in [2.05, 4.69) is 32.1 Å². The van der Waals surface area contributed by atoms with E-state index in [-0.39, 0.29) is 17.8 Å². The van der Waals surface area contributed by atoms with Crippen LogP contribution in [0.3, 0.4) is 0 Å². The Morgan fingerprint density at radius 2 is 1.84 bits per heavy atom. The van der Waals surface area contributed by atoms with Gasteiger partial charge in [-0.25, -0.2) is 14.8 Å². The second kappa shape index (κ2) is 11.6. The fourth-order valence-corrected chi connectivity index (χ4v) is 5.01. The summed E-state index contributed by atoms with van der Waals surface area (Å²) in [6, 6.07) is 16.5. The number of fused-ring (bicyclic) bond motifs is 2. The van der Waals surface area contributed by atoms with Gasteiger partial charge in [-0.05, 0) is 80.0 Å². The number of anilines is 1. The van der Waals surface area contributed by atoms with Crippen molar-refractivity contribution in [3.8, 4) is 23.1 Å². The summed E-state index contributed by atoms with van der Waals surface area (Å²) in [6.07, 6.45) is 2.40. The number of pyridine rings is 3. The molecule has 2 amide bonds. The Hall–Kier alpha value is -5.23. The molecule has 1 atom stereocenters. The predicted molar refractivity (Wildman–Crippen MR) is 168 cm³/mol. The molecule has 0 aliphatic heterocycles. The lowest BCUT2D eigenvalue weighted by Gasteiger charge is -2.31. The number of rotatable bonds is 5. The van der Waals surface area contributed by atoms with E-state index in [1.807, 2.05) is 87.6 Å². The molecule has 0 radical (unpaired) electrons. The van der Waals surface area contributed by atoms with Gasteiger partial charge in [0.1, 0.15) is 23.2 Å². The first-order chi connectivity index (χ1) is 20.4. The Bertz CT molecular complexity index is 1930. The van der Waals surface area contributed by atoms with Gasteiger partial charge >= 0.3 is 6.09 Å². The Morgan fingerprint density at radius 3 is 2.58 bits per heavy atom. The molecule has 2 N–H and O–H groups in total. The third-order valence-electron chi connectivity index (χ3n) is 7.13. The molecule has 0 aliphatic rings. The first-order valence-electron chi connectivity index (χ1n) is 14.0. The Morgan fingerprint density at radius 1 is 1.05 bits per heavy atom. The second-order valence-corrected chi connectivity index (χ2v) is 11.8. The Balaban J connectivity index is 1.55. The van der Waals surface area contributed by atoms with Gasteiger partial charge in [0.05, 0.1) is 11.9 Å². The van der Waals surface area contributed by atoms with E-state index in [1.54, 1.807) is 25.4 Å². The van der Waals surface area contributed by atoms with Crippen LogP contribution in [0.1, 0.15) is 50.3 Å². The van der Waals surface area contributed by atoms with Crippen LogP contribution in [-0.2, 0) is 4.79 Å². The normalized spacial score (nSPS) is 12.0. The number of benzene rings is 1. The molecule has 1 unspecified atom stereocenters. The topological polar surface area (TPSA) is 113 Å². The average molecular weight is 575 g/mol. The number of carbonyl (C=O) groups is 2. The number of amides is 2. The van der Waals surface area contributed by atoms with Crippen LogP contribution < -0.4 is 5.32 Å². The molecule has 43 heavy (non-hydrogen) atoms. The summed E-state index contributed by atoms with van der Waals surface area (Å²) < 4.78 is 2.02. The van der Waals surface area contributed by atoms with Crippen LogP contribution in [0.25, 0.3) is 27.7 Å². The predicted octanol–water partition coefficient (Wildman–Crippen LogP) is 6.31. The van der Waals surface area contributed by atoms with E-state index in [9.17, 15) is 14.7 Å². The van der Waals surface area contributed by atoms with Crippen molar-refractivity contribution >= 4 is 34.2 Å². The molecule has 0 saturated heterocycles. The summed E-state index contributed by atoms with van der Waals surface area (Å²) >= 11 is 0. The maximum Gasteiger partial charge on any atom is 0.407 e. The maximum absolute atomic E-state index is 13.3. The molecule has 4 aromatic heterocycles. The molecule has 9 heteroatoms. The van der Waals surface area contributed by atoms with Gasteiger partial charge in [-0.3, -0.25) is 19.1 Å². The number of nitrogens with zero attached hydrogens (tertiary/aromatic N) is 5. The van der Waals surface area contributed by atoms with Gasteiger partial charge in [0.25, 0.3) is 0 Å². The summed E-state index contributed by atoms with van der Waals surface area (Å²) in [7, 11) is 0. The zero-order valence-corrected chi connectivity index (χ0v) is 25.1. The molecule has 9 nitrogen and oxygen atoms in total. The van der Waals surface area contributed by atoms with Crippen LogP contribution in [0.15, 0.2) is 67.0 Å². The van der Waals surface area contributed by atoms with Crippen LogP contribution in [0, 0.1) is 31.1 Å². The van der Waals surface area contributed by atoms with E-state index < -0.39 is 18.0 Å². The molecular weight excluding hydrogens is 540 g/mol. The summed E-state index contributed by atoms with van der Waals surface area (Å²) in [5.41, 5.74) is 5.24. The number of imidazole rings is 1. The first-order valence-corrected chi connectivity index (χ1v) is 14.0. The fraction of sp³-hybridized carbons (Fsp3) is 0.265. The van der Waals surface area contributed by atoms with E-state index in [1.165, 1.54) is 0 Å². The molecule has 0 bridgehead atoms. The molecule has 0 aliphatic carbocycles. The molecule has 1 aromatic carbocycles. The van der Waals surface area contributed by atoms with Crippen molar-refractivity contribution in [2.24, 2.45) is 5.41 Å². The molecule has 0 fully saturated rings. The minimum Gasteiger partial charge on any atom is -0.465 e.